The fourth-order valence-electron chi connectivity index (χ4n) is 2.15. The molecule has 0 radical (unpaired) electrons. The Kier molecular flexibility index (Phi) is 1.53. The Morgan fingerprint density at radius 2 is 1.85 bits per heavy atom. The molecule has 0 aromatic carbocycles. The number of aliphatic hydroxyl groups excluding tert-OH is 1. The second kappa shape index (κ2) is 2.23. The molecule has 5 heteroatoms. The average molecular weight is 188 g/mol. The van der Waals surface area contributed by atoms with Crippen LogP contribution in [0.1, 0.15) is 19.3 Å². The molecule has 0 aromatic rings. The van der Waals surface area contributed by atoms with Crippen LogP contribution < -0.4 is 0 Å². The zero-order valence-electron chi connectivity index (χ0n) is 6.97. The molecule has 0 heterocycles. The largest absolute Gasteiger partial charge is 0.479 e. The van der Waals surface area contributed by atoms with E-state index in [1.165, 1.54) is 0 Å². The fraction of sp³-hybridized carbons (Fsp3) is 0.875. The van der Waals surface area contributed by atoms with Crippen LogP contribution >= 0.6 is 0 Å². The monoisotopic (exact) mass is 188 g/mol. The summed E-state index contributed by atoms with van der Waals surface area (Å²) >= 11 is 0. The summed E-state index contributed by atoms with van der Waals surface area (Å²) in [5.41, 5.74) is -2.98. The lowest BCUT2D eigenvalue weighted by Crippen LogP contribution is -2.50. The van der Waals surface area contributed by atoms with Gasteiger partial charge in [0.05, 0.1) is 11.7 Å². The first-order valence-electron chi connectivity index (χ1n) is 4.25. The number of carbonyl (C=O) groups is 1. The first-order chi connectivity index (χ1) is 5.88. The van der Waals surface area contributed by atoms with Crippen LogP contribution in [0.2, 0.25) is 0 Å². The summed E-state index contributed by atoms with van der Waals surface area (Å²) in [4.78, 5) is 10.6. The third-order valence-corrected chi connectivity index (χ3v) is 3.21. The highest BCUT2D eigenvalue weighted by atomic mass is 16.4. The van der Waals surface area contributed by atoms with Gasteiger partial charge in [-0.3, -0.25) is 0 Å². The molecule has 0 bridgehead atoms. The highest BCUT2D eigenvalue weighted by Crippen LogP contribution is 2.56. The summed E-state index contributed by atoms with van der Waals surface area (Å²) in [6.45, 7) is 0. The lowest BCUT2D eigenvalue weighted by molar-refractivity contribution is -0.172. The molecule has 2 rings (SSSR count). The van der Waals surface area contributed by atoms with Crippen molar-refractivity contribution in [3.8, 4) is 0 Å². The normalized spacial score (nSPS) is 54.1. The molecule has 5 nitrogen and oxygen atoms in total. The van der Waals surface area contributed by atoms with Gasteiger partial charge in [-0.25, -0.2) is 4.79 Å². The second-order valence-corrected chi connectivity index (χ2v) is 4.15. The molecule has 13 heavy (non-hydrogen) atoms. The zero-order valence-corrected chi connectivity index (χ0v) is 6.97. The number of rotatable bonds is 1. The predicted octanol–water partition coefficient (Wildman–Crippen LogP) is -1.29. The summed E-state index contributed by atoms with van der Waals surface area (Å²) < 4.78 is 0. The predicted molar refractivity (Wildman–Crippen MR) is 40.9 cm³/mol. The van der Waals surface area contributed by atoms with E-state index in [-0.39, 0.29) is 18.8 Å². The molecule has 0 spiro atoms. The van der Waals surface area contributed by atoms with Gasteiger partial charge in [-0.15, -0.1) is 0 Å². The van der Waals surface area contributed by atoms with Gasteiger partial charge >= 0.3 is 5.97 Å². The summed E-state index contributed by atoms with van der Waals surface area (Å²) in [5, 5.41) is 37.2. The molecule has 2 saturated carbocycles. The number of hydrogen-bond acceptors (Lipinski definition) is 4. The second-order valence-electron chi connectivity index (χ2n) is 4.15. The quantitative estimate of drug-likeness (QED) is 0.410. The third-order valence-electron chi connectivity index (χ3n) is 3.21. The topological polar surface area (TPSA) is 98.0 Å². The number of aliphatic hydroxyl groups is 3. The Balaban J connectivity index is 2.18. The van der Waals surface area contributed by atoms with Crippen molar-refractivity contribution in [2.24, 2.45) is 5.92 Å². The van der Waals surface area contributed by atoms with Gasteiger partial charge in [0.15, 0.2) is 5.60 Å². The maximum absolute atomic E-state index is 10.6. The lowest BCUT2D eigenvalue weighted by atomic mass is 9.81. The highest BCUT2D eigenvalue weighted by Gasteiger charge is 2.66. The first-order valence-corrected chi connectivity index (χ1v) is 4.25. The van der Waals surface area contributed by atoms with Crippen molar-refractivity contribution in [1.82, 2.24) is 0 Å². The Hall–Kier alpha value is -0.650. The number of carboxylic acids is 1. The van der Waals surface area contributed by atoms with Crippen molar-refractivity contribution in [2.45, 2.75) is 36.6 Å². The third kappa shape index (κ3) is 1.08. The van der Waals surface area contributed by atoms with Gasteiger partial charge in [0.2, 0.25) is 0 Å². The fourth-order valence-corrected chi connectivity index (χ4v) is 2.15. The van der Waals surface area contributed by atoms with E-state index in [0.717, 1.165) is 0 Å². The van der Waals surface area contributed by atoms with Gasteiger partial charge in [0, 0.05) is 6.42 Å². The molecule has 2 aliphatic carbocycles. The minimum absolute atomic E-state index is 0.0376. The van der Waals surface area contributed by atoms with Crippen molar-refractivity contribution >= 4 is 5.97 Å². The van der Waals surface area contributed by atoms with E-state index in [1.54, 1.807) is 0 Å². The Bertz CT molecular complexity index is 265. The maximum atomic E-state index is 10.6. The number of hydrogen-bond donors (Lipinski definition) is 4. The van der Waals surface area contributed by atoms with Gasteiger partial charge in [0.25, 0.3) is 0 Å². The molecule has 0 aromatic heterocycles. The zero-order chi connectivity index (χ0) is 9.85. The van der Waals surface area contributed by atoms with Crippen LogP contribution in [-0.4, -0.2) is 43.7 Å². The van der Waals surface area contributed by atoms with Crippen LogP contribution in [-0.2, 0) is 4.79 Å². The minimum Gasteiger partial charge on any atom is -0.479 e. The number of carboxylic acid groups (broad SMARTS) is 1. The molecular weight excluding hydrogens is 176 g/mol. The van der Waals surface area contributed by atoms with E-state index in [1.807, 2.05) is 0 Å². The minimum atomic E-state index is -1.85. The summed E-state index contributed by atoms with van der Waals surface area (Å²) in [5.74, 6) is -1.59. The molecule has 74 valence electrons. The molecule has 4 N–H and O–H groups in total. The van der Waals surface area contributed by atoms with E-state index >= 15 is 0 Å². The van der Waals surface area contributed by atoms with Crippen molar-refractivity contribution in [2.75, 3.05) is 0 Å². The summed E-state index contributed by atoms with van der Waals surface area (Å²) in [6, 6.07) is 0. The molecule has 0 aliphatic heterocycles. The lowest BCUT2D eigenvalue weighted by Gasteiger charge is -2.33. The molecule has 4 atom stereocenters. The van der Waals surface area contributed by atoms with Crippen LogP contribution in [0.4, 0.5) is 0 Å². The van der Waals surface area contributed by atoms with Gasteiger partial charge < -0.3 is 20.4 Å². The van der Waals surface area contributed by atoms with Crippen molar-refractivity contribution in [3.05, 3.63) is 0 Å². The molecule has 0 unspecified atom stereocenters. The van der Waals surface area contributed by atoms with E-state index in [0.29, 0.717) is 6.42 Å². The SMILES string of the molecule is O=C(O)[C@@]1(O)C[C@H]2C[C@]2(O)[C@H](O)C1. The highest BCUT2D eigenvalue weighted by molar-refractivity contribution is 5.77. The van der Waals surface area contributed by atoms with Crippen LogP contribution in [0, 0.1) is 5.92 Å². The van der Waals surface area contributed by atoms with Crippen molar-refractivity contribution in [3.63, 3.8) is 0 Å². The van der Waals surface area contributed by atoms with Crippen LogP contribution in [0.15, 0.2) is 0 Å². The molecular formula is C8H12O5. The van der Waals surface area contributed by atoms with E-state index in [9.17, 15) is 20.1 Å². The average Bonchev–Trinajstić information content (AvgIpc) is 2.62. The Morgan fingerprint density at radius 1 is 1.23 bits per heavy atom. The molecule has 0 saturated heterocycles. The summed E-state index contributed by atoms with van der Waals surface area (Å²) in [6.07, 6.45) is -0.970. The van der Waals surface area contributed by atoms with Crippen molar-refractivity contribution < 1.29 is 25.2 Å². The number of fused-ring (bicyclic) bond motifs is 1. The maximum Gasteiger partial charge on any atom is 0.335 e. The van der Waals surface area contributed by atoms with Crippen molar-refractivity contribution in [1.29, 1.82) is 0 Å². The standard InChI is InChI=1S/C8H12O5/c9-5-3-7(12,6(10)11)1-4-2-8(4,5)13/h4-5,9,12-13H,1-3H2,(H,10,11)/t4-,5+,7+,8+/m0/s1. The summed E-state index contributed by atoms with van der Waals surface area (Å²) in [7, 11) is 0. The van der Waals surface area contributed by atoms with Crippen LogP contribution in [0.5, 0.6) is 0 Å². The van der Waals surface area contributed by atoms with Crippen LogP contribution in [0.25, 0.3) is 0 Å². The van der Waals surface area contributed by atoms with Gasteiger partial charge in [-0.1, -0.05) is 0 Å². The van der Waals surface area contributed by atoms with E-state index in [4.69, 9.17) is 5.11 Å². The molecule has 0 amide bonds. The smallest absolute Gasteiger partial charge is 0.335 e. The Morgan fingerprint density at radius 3 is 2.31 bits per heavy atom. The molecule has 2 fully saturated rings. The first kappa shape index (κ1) is 8.93. The van der Waals surface area contributed by atoms with Crippen LogP contribution in [0.3, 0.4) is 0 Å². The van der Waals surface area contributed by atoms with E-state index < -0.39 is 23.3 Å². The van der Waals surface area contributed by atoms with Gasteiger partial charge in [-0.05, 0) is 18.8 Å². The molecule has 2 aliphatic rings. The van der Waals surface area contributed by atoms with Gasteiger partial charge in [0.1, 0.15) is 0 Å². The Labute approximate surface area is 74.6 Å². The number of aliphatic carboxylic acids is 1. The van der Waals surface area contributed by atoms with E-state index in [2.05, 4.69) is 0 Å². The van der Waals surface area contributed by atoms with Gasteiger partial charge in [-0.2, -0.15) is 0 Å².